The number of hydrogen-bond acceptors (Lipinski definition) is 6. The zero-order valence-electron chi connectivity index (χ0n) is 24.2. The van der Waals surface area contributed by atoms with Crippen LogP contribution in [0.3, 0.4) is 0 Å². The van der Waals surface area contributed by atoms with Gasteiger partial charge in [0.1, 0.15) is 50.5 Å². The Labute approximate surface area is 264 Å². The van der Waals surface area contributed by atoms with E-state index in [0.29, 0.717) is 22.3 Å². The number of amides is 1. The summed E-state index contributed by atoms with van der Waals surface area (Å²) < 4.78 is 4.29. The highest BCUT2D eigenvalue weighted by Gasteiger charge is 2.25. The van der Waals surface area contributed by atoms with Gasteiger partial charge in [0.25, 0.3) is 11.5 Å². The maximum absolute atomic E-state index is 14.6. The molecule has 2 aromatic carbocycles. The van der Waals surface area contributed by atoms with Gasteiger partial charge in [-0.3, -0.25) is 18.8 Å². The third-order valence-corrected chi connectivity index (χ3v) is 7.56. The lowest BCUT2D eigenvalue weighted by atomic mass is 9.61. The smallest absolute Gasteiger partial charge is 0.264 e. The van der Waals surface area contributed by atoms with Crippen molar-refractivity contribution in [2.75, 3.05) is 5.73 Å². The van der Waals surface area contributed by atoms with Crippen LogP contribution in [0.2, 0.25) is 0 Å². The zero-order valence-corrected chi connectivity index (χ0v) is 24.2. The van der Waals surface area contributed by atoms with Crippen LogP contribution in [-0.2, 0) is 7.05 Å². The standard InChI is InChI=1S/C30H19B5N8O2/c1-14(39-29(44)20-27(36)40-42-12-4-10-37-28(20)42)18-13-16-6-3-5-15(7-8-17-9-11-38-41(17)2)19(16)30(45)43(18)26-24(34)22(32)21(31)23(33)25(26)35/h3-6,9-14H,1-2H3,(H2,36,40)(H,39,44)/t14-/m0/s1. The molecule has 45 heavy (non-hydrogen) atoms. The molecule has 15 heteroatoms. The lowest BCUT2D eigenvalue weighted by Gasteiger charge is -2.27. The highest BCUT2D eigenvalue weighted by Crippen LogP contribution is 2.23. The van der Waals surface area contributed by atoms with Gasteiger partial charge in [0.2, 0.25) is 0 Å². The first kappa shape index (κ1) is 29.7. The number of anilines is 1. The van der Waals surface area contributed by atoms with Crippen LogP contribution in [0.5, 0.6) is 0 Å². The van der Waals surface area contributed by atoms with Crippen molar-refractivity contribution >= 4 is 94.7 Å². The van der Waals surface area contributed by atoms with Crippen LogP contribution < -0.4 is 43.9 Å². The molecule has 3 N–H and O–H groups in total. The van der Waals surface area contributed by atoms with Crippen molar-refractivity contribution in [3.63, 3.8) is 0 Å². The van der Waals surface area contributed by atoms with Crippen LogP contribution in [0.25, 0.3) is 22.1 Å². The third kappa shape index (κ3) is 4.92. The van der Waals surface area contributed by atoms with Crippen molar-refractivity contribution < 1.29 is 4.79 Å². The van der Waals surface area contributed by atoms with Gasteiger partial charge < -0.3 is 11.1 Å². The number of nitrogen functional groups attached to an aromatic ring is 1. The Bertz CT molecular complexity index is 2290. The highest BCUT2D eigenvalue weighted by molar-refractivity contribution is 6.68. The molecule has 0 saturated heterocycles. The average Bonchev–Trinajstić information content (AvgIpc) is 3.59. The van der Waals surface area contributed by atoms with Crippen LogP contribution >= 0.6 is 0 Å². The minimum atomic E-state index is -0.823. The number of aryl methyl sites for hydroxylation is 1. The maximum Gasteiger partial charge on any atom is 0.264 e. The van der Waals surface area contributed by atoms with Gasteiger partial charge in [-0.2, -0.15) is 5.10 Å². The topological polar surface area (TPSA) is 125 Å². The summed E-state index contributed by atoms with van der Waals surface area (Å²) in [5.41, 5.74) is 7.10. The molecule has 6 aromatic rings. The first-order valence-electron chi connectivity index (χ1n) is 13.6. The van der Waals surface area contributed by atoms with E-state index < -0.39 is 17.5 Å². The fourth-order valence-electron chi connectivity index (χ4n) is 5.20. The van der Waals surface area contributed by atoms with Gasteiger partial charge in [-0.05, 0) is 42.5 Å². The molecular formula is C30H19B5N8O2. The van der Waals surface area contributed by atoms with Crippen molar-refractivity contribution in [2.24, 2.45) is 7.05 Å². The second-order valence-corrected chi connectivity index (χ2v) is 10.3. The number of pyridine rings is 1. The summed E-state index contributed by atoms with van der Waals surface area (Å²) in [6.07, 6.45) is 4.77. The Kier molecular flexibility index (Phi) is 7.45. The summed E-state index contributed by atoms with van der Waals surface area (Å²) in [6.45, 7) is 1.69. The predicted octanol–water partition coefficient (Wildman–Crippen LogP) is -2.79. The Hall–Kier alpha value is -5.37. The van der Waals surface area contributed by atoms with E-state index in [2.05, 4.69) is 32.3 Å². The first-order chi connectivity index (χ1) is 21.5. The summed E-state index contributed by atoms with van der Waals surface area (Å²) in [7, 11) is 33.1. The number of hydrogen-bond donors (Lipinski definition) is 2. The molecule has 1 atom stereocenters. The summed E-state index contributed by atoms with van der Waals surface area (Å²) in [5, 5.41) is 12.0. The van der Waals surface area contributed by atoms with Gasteiger partial charge in [-0.1, -0.05) is 29.0 Å². The van der Waals surface area contributed by atoms with Gasteiger partial charge in [0.15, 0.2) is 11.5 Å². The van der Waals surface area contributed by atoms with E-state index >= 15 is 0 Å². The SMILES string of the molecule is [B]c1c([B])c([B])c(-n2c([C@H](C)NC(=O)c3c(N)nn4cccnc34)cc3cccc(C#Cc4ccnn4C)c3c2=O)c([B])c1[B]. The number of benzene rings is 2. The predicted molar refractivity (Wildman–Crippen MR) is 179 cm³/mol. The fourth-order valence-corrected chi connectivity index (χ4v) is 5.20. The van der Waals surface area contributed by atoms with Crippen molar-refractivity contribution in [3.8, 4) is 17.5 Å². The number of nitrogens with two attached hydrogens (primary N) is 1. The van der Waals surface area contributed by atoms with Crippen LogP contribution in [0.1, 0.15) is 40.3 Å². The normalized spacial score (nSPS) is 11.8. The van der Waals surface area contributed by atoms with Crippen LogP contribution in [0.4, 0.5) is 5.82 Å². The molecule has 0 aliphatic heterocycles. The number of aromatic nitrogens is 6. The first-order valence-corrected chi connectivity index (χ1v) is 13.6. The molecule has 0 bridgehead atoms. The van der Waals surface area contributed by atoms with Gasteiger partial charge in [0, 0.05) is 36.4 Å². The van der Waals surface area contributed by atoms with Crippen LogP contribution in [-0.4, -0.2) is 74.1 Å². The van der Waals surface area contributed by atoms with Gasteiger partial charge in [-0.25, -0.2) is 9.50 Å². The zero-order chi connectivity index (χ0) is 32.2. The molecule has 0 saturated carbocycles. The molecule has 10 nitrogen and oxygen atoms in total. The molecule has 4 heterocycles. The largest absolute Gasteiger partial charge is 0.381 e. The molecule has 0 aliphatic rings. The molecule has 0 fully saturated rings. The molecule has 0 unspecified atom stereocenters. The van der Waals surface area contributed by atoms with Crippen LogP contribution in [0.15, 0.2) is 59.8 Å². The minimum absolute atomic E-state index is 0.00992. The third-order valence-electron chi connectivity index (χ3n) is 7.56. The average molecular weight is 578 g/mol. The lowest BCUT2D eigenvalue weighted by Crippen LogP contribution is -2.57. The summed E-state index contributed by atoms with van der Waals surface area (Å²) in [6, 6.07) is 9.59. The van der Waals surface area contributed by atoms with Crippen LogP contribution in [0, 0.1) is 11.8 Å². The van der Waals surface area contributed by atoms with Crippen molar-refractivity contribution in [1.29, 1.82) is 0 Å². The molecule has 6 rings (SSSR count). The number of carbonyl (C=O) groups is 1. The van der Waals surface area contributed by atoms with E-state index in [0.717, 1.165) is 0 Å². The van der Waals surface area contributed by atoms with E-state index in [9.17, 15) is 9.59 Å². The van der Waals surface area contributed by atoms with E-state index in [1.165, 1.54) is 15.3 Å². The van der Waals surface area contributed by atoms with E-state index in [1.807, 2.05) is 0 Å². The molecule has 1 amide bonds. The Morgan fingerprint density at radius 2 is 1.69 bits per heavy atom. The van der Waals surface area contributed by atoms with Gasteiger partial charge in [-0.15, -0.1) is 21.5 Å². The quantitative estimate of drug-likeness (QED) is 0.173. The number of nitrogens with one attached hydrogen (secondary N) is 1. The molecule has 10 radical (unpaired) electrons. The lowest BCUT2D eigenvalue weighted by molar-refractivity contribution is 0.0941. The molecule has 0 aliphatic carbocycles. The summed E-state index contributed by atoms with van der Waals surface area (Å²) in [5.74, 6) is 5.54. The van der Waals surface area contributed by atoms with Crippen molar-refractivity contribution in [2.45, 2.75) is 13.0 Å². The number of fused-ring (bicyclic) bond motifs is 2. The second kappa shape index (κ2) is 11.3. The monoisotopic (exact) mass is 578 g/mol. The molecule has 206 valence electrons. The fraction of sp³-hybridized carbons (Fsp3) is 0.100. The molecule has 4 aromatic heterocycles. The minimum Gasteiger partial charge on any atom is -0.381 e. The Balaban J connectivity index is 1.59. The number of rotatable bonds is 4. The maximum atomic E-state index is 14.6. The van der Waals surface area contributed by atoms with E-state index in [1.54, 1.807) is 67.4 Å². The number of nitrogens with zero attached hydrogens (tertiary/aromatic N) is 6. The molecule has 0 spiro atoms. The Morgan fingerprint density at radius 3 is 2.38 bits per heavy atom. The summed E-state index contributed by atoms with van der Waals surface area (Å²) >= 11 is 0. The van der Waals surface area contributed by atoms with Gasteiger partial charge in [0.05, 0.1) is 17.6 Å². The van der Waals surface area contributed by atoms with Crippen molar-refractivity contribution in [1.82, 2.24) is 34.3 Å². The van der Waals surface area contributed by atoms with Gasteiger partial charge >= 0.3 is 0 Å². The second-order valence-electron chi connectivity index (χ2n) is 10.3. The van der Waals surface area contributed by atoms with Crippen molar-refractivity contribution in [3.05, 3.63) is 87.9 Å². The highest BCUT2D eigenvalue weighted by atomic mass is 16.2. The summed E-state index contributed by atoms with van der Waals surface area (Å²) in [4.78, 5) is 32.4. The molecular weight excluding hydrogens is 558 g/mol. The van der Waals surface area contributed by atoms with E-state index in [4.69, 9.17) is 45.0 Å². The van der Waals surface area contributed by atoms with E-state index in [-0.39, 0.29) is 55.4 Å². The Morgan fingerprint density at radius 1 is 0.978 bits per heavy atom. The number of carbonyl (C=O) groups excluding carboxylic acids is 1.